The third kappa shape index (κ3) is 2.98. The number of hydrogen-bond donors (Lipinski definition) is 0. The third-order valence-corrected chi connectivity index (χ3v) is 4.88. The molecule has 0 unspecified atom stereocenters. The van der Waals surface area contributed by atoms with Crippen LogP contribution in [0.5, 0.6) is 0 Å². The summed E-state index contributed by atoms with van der Waals surface area (Å²) in [6.07, 6.45) is -0.107. The molecule has 6 heteroatoms. The molecule has 23 heavy (non-hydrogen) atoms. The first kappa shape index (κ1) is 17.5. The van der Waals surface area contributed by atoms with Crippen molar-refractivity contribution in [3.8, 4) is 0 Å². The lowest BCUT2D eigenvalue weighted by Crippen LogP contribution is -2.43. The average molecular weight is 337 g/mol. The molecule has 1 aliphatic rings. The molecule has 1 aromatic rings. The number of benzene rings is 1. The summed E-state index contributed by atoms with van der Waals surface area (Å²) in [6.45, 7) is 3.79. The fourth-order valence-electron chi connectivity index (χ4n) is 2.85. The second kappa shape index (κ2) is 6.32. The number of carbonyl (C=O) groups excluding carboxylic acids is 3. The van der Waals surface area contributed by atoms with Crippen molar-refractivity contribution in [2.24, 2.45) is 0 Å². The number of rotatable bonds is 4. The van der Waals surface area contributed by atoms with Gasteiger partial charge in [0.05, 0.1) is 5.41 Å². The summed E-state index contributed by atoms with van der Waals surface area (Å²) < 4.78 is 0. The third-order valence-electron chi connectivity index (χ3n) is 4.55. The molecule has 1 heterocycles. The van der Waals surface area contributed by atoms with Crippen LogP contribution in [0.1, 0.15) is 32.3 Å². The van der Waals surface area contributed by atoms with Crippen LogP contribution in [0.3, 0.4) is 0 Å². The molecule has 1 atom stereocenters. The SMILES string of the molecule is CC(C)N(C)C(=O)C[C@]1(c2ccccc2Cl)CC(=O)N(C)C1=O. The highest BCUT2D eigenvalue weighted by Gasteiger charge is 2.53. The molecule has 3 amide bonds. The zero-order valence-electron chi connectivity index (χ0n) is 13.8. The zero-order valence-corrected chi connectivity index (χ0v) is 14.6. The van der Waals surface area contributed by atoms with E-state index < -0.39 is 5.41 Å². The van der Waals surface area contributed by atoms with Crippen LogP contribution >= 0.6 is 11.6 Å². The number of nitrogens with zero attached hydrogens (tertiary/aromatic N) is 2. The predicted octanol–water partition coefficient (Wildman–Crippen LogP) is 2.22. The predicted molar refractivity (Wildman–Crippen MR) is 88.0 cm³/mol. The summed E-state index contributed by atoms with van der Waals surface area (Å²) in [5.41, 5.74) is -0.681. The molecule has 2 rings (SSSR count). The van der Waals surface area contributed by atoms with Gasteiger partial charge in [0.2, 0.25) is 17.7 Å². The lowest BCUT2D eigenvalue weighted by atomic mass is 9.75. The minimum absolute atomic E-state index is 0.00994. The van der Waals surface area contributed by atoms with Gasteiger partial charge in [-0.15, -0.1) is 0 Å². The molecule has 0 aliphatic carbocycles. The van der Waals surface area contributed by atoms with Gasteiger partial charge in [-0.2, -0.15) is 0 Å². The highest BCUT2D eigenvalue weighted by Crippen LogP contribution is 2.42. The van der Waals surface area contributed by atoms with Gasteiger partial charge in [0.25, 0.3) is 0 Å². The highest BCUT2D eigenvalue weighted by atomic mass is 35.5. The maximum Gasteiger partial charge on any atom is 0.240 e. The van der Waals surface area contributed by atoms with E-state index in [2.05, 4.69) is 0 Å². The Balaban J connectivity index is 2.50. The maximum atomic E-state index is 12.8. The monoisotopic (exact) mass is 336 g/mol. The lowest BCUT2D eigenvalue weighted by molar-refractivity contribution is -0.141. The Hall–Kier alpha value is -1.88. The first-order chi connectivity index (χ1) is 10.7. The second-order valence-electron chi connectivity index (χ2n) is 6.27. The summed E-state index contributed by atoms with van der Waals surface area (Å²) in [5, 5.41) is 0.393. The molecular formula is C17H21ClN2O3. The van der Waals surface area contributed by atoms with Gasteiger partial charge in [0, 0.05) is 38.0 Å². The molecule has 0 aromatic heterocycles. The van der Waals surface area contributed by atoms with Crippen LogP contribution in [0, 0.1) is 0 Å². The number of likely N-dealkylation sites (N-methyl/N-ethyl adjacent to an activating group) is 1. The van der Waals surface area contributed by atoms with Crippen LogP contribution in [0.15, 0.2) is 24.3 Å². The molecular weight excluding hydrogens is 316 g/mol. The number of carbonyl (C=O) groups is 3. The highest BCUT2D eigenvalue weighted by molar-refractivity contribution is 6.32. The van der Waals surface area contributed by atoms with Gasteiger partial charge in [-0.25, -0.2) is 0 Å². The average Bonchev–Trinajstić information content (AvgIpc) is 2.71. The van der Waals surface area contributed by atoms with Crippen LogP contribution in [-0.2, 0) is 19.8 Å². The number of halogens is 1. The van der Waals surface area contributed by atoms with Crippen molar-refractivity contribution in [1.82, 2.24) is 9.80 Å². The van der Waals surface area contributed by atoms with Gasteiger partial charge in [0.15, 0.2) is 0 Å². The molecule has 124 valence electrons. The van der Waals surface area contributed by atoms with E-state index in [0.29, 0.717) is 10.6 Å². The largest absolute Gasteiger partial charge is 0.343 e. The maximum absolute atomic E-state index is 12.8. The Bertz CT molecular complexity index is 659. The molecule has 1 fully saturated rings. The normalized spacial score (nSPS) is 21.2. The standard InChI is InChI=1S/C17H21ClN2O3/c1-11(2)19(3)14(21)9-17(10-15(22)20(4)16(17)23)12-7-5-6-8-13(12)18/h5-8,11H,9-10H2,1-4H3/t17-/m1/s1. The van der Waals surface area contributed by atoms with E-state index in [1.165, 1.54) is 7.05 Å². The smallest absolute Gasteiger partial charge is 0.240 e. The van der Waals surface area contributed by atoms with Gasteiger partial charge in [-0.05, 0) is 25.5 Å². The Labute approximate surface area is 141 Å². The molecule has 0 spiro atoms. The number of amides is 3. The molecule has 0 saturated carbocycles. The van der Waals surface area contributed by atoms with Gasteiger partial charge in [0.1, 0.15) is 0 Å². The van der Waals surface area contributed by atoms with E-state index >= 15 is 0 Å². The molecule has 1 saturated heterocycles. The summed E-state index contributed by atoms with van der Waals surface area (Å²) in [5.74, 6) is -0.854. The van der Waals surface area contributed by atoms with Crippen molar-refractivity contribution in [2.45, 2.75) is 38.1 Å². The first-order valence-electron chi connectivity index (χ1n) is 7.52. The van der Waals surface area contributed by atoms with Crippen LogP contribution in [0.4, 0.5) is 0 Å². The Kier molecular flexibility index (Phi) is 4.80. The van der Waals surface area contributed by atoms with Gasteiger partial charge < -0.3 is 4.90 Å². The number of imide groups is 1. The summed E-state index contributed by atoms with van der Waals surface area (Å²) >= 11 is 6.27. The van der Waals surface area contributed by atoms with E-state index in [0.717, 1.165) is 4.90 Å². The van der Waals surface area contributed by atoms with Crippen LogP contribution < -0.4 is 0 Å². The van der Waals surface area contributed by atoms with Crippen molar-refractivity contribution in [1.29, 1.82) is 0 Å². The van der Waals surface area contributed by atoms with Gasteiger partial charge >= 0.3 is 0 Å². The molecule has 0 N–H and O–H groups in total. The second-order valence-corrected chi connectivity index (χ2v) is 6.68. The van der Waals surface area contributed by atoms with Crippen molar-refractivity contribution >= 4 is 29.3 Å². The van der Waals surface area contributed by atoms with Crippen LogP contribution in [0.2, 0.25) is 5.02 Å². The van der Waals surface area contributed by atoms with Crippen molar-refractivity contribution in [2.75, 3.05) is 14.1 Å². The van der Waals surface area contributed by atoms with Crippen LogP contribution in [0.25, 0.3) is 0 Å². The van der Waals surface area contributed by atoms with Crippen molar-refractivity contribution < 1.29 is 14.4 Å². The Morgan fingerprint density at radius 3 is 2.43 bits per heavy atom. The number of likely N-dealkylation sites (tertiary alicyclic amines) is 1. The van der Waals surface area contributed by atoms with Crippen molar-refractivity contribution in [3.63, 3.8) is 0 Å². The van der Waals surface area contributed by atoms with Crippen LogP contribution in [-0.4, -0.2) is 47.7 Å². The van der Waals surface area contributed by atoms with Crippen molar-refractivity contribution in [3.05, 3.63) is 34.9 Å². The molecule has 0 radical (unpaired) electrons. The van der Waals surface area contributed by atoms with E-state index in [9.17, 15) is 14.4 Å². The Morgan fingerprint density at radius 2 is 1.96 bits per heavy atom. The van der Waals surface area contributed by atoms with E-state index in [1.807, 2.05) is 13.8 Å². The lowest BCUT2D eigenvalue weighted by Gasteiger charge is -2.30. The van der Waals surface area contributed by atoms with Gasteiger partial charge in [-0.1, -0.05) is 29.8 Å². The summed E-state index contributed by atoms with van der Waals surface area (Å²) in [7, 11) is 3.14. The molecule has 0 bridgehead atoms. The topological polar surface area (TPSA) is 57.7 Å². The van der Waals surface area contributed by atoms with E-state index in [1.54, 1.807) is 36.2 Å². The molecule has 5 nitrogen and oxygen atoms in total. The minimum atomic E-state index is -1.22. The fourth-order valence-corrected chi connectivity index (χ4v) is 3.17. The Morgan fingerprint density at radius 1 is 1.35 bits per heavy atom. The summed E-state index contributed by atoms with van der Waals surface area (Å²) in [6, 6.07) is 6.92. The first-order valence-corrected chi connectivity index (χ1v) is 7.90. The molecule has 1 aromatic carbocycles. The van der Waals surface area contributed by atoms with E-state index in [-0.39, 0.29) is 36.6 Å². The fraction of sp³-hybridized carbons (Fsp3) is 0.471. The van der Waals surface area contributed by atoms with E-state index in [4.69, 9.17) is 11.6 Å². The molecule has 1 aliphatic heterocycles. The van der Waals surface area contributed by atoms with Gasteiger partial charge in [-0.3, -0.25) is 19.3 Å². The summed E-state index contributed by atoms with van der Waals surface area (Å²) in [4.78, 5) is 40.2. The quantitative estimate of drug-likeness (QED) is 0.792. The zero-order chi connectivity index (χ0) is 17.4. The number of hydrogen-bond acceptors (Lipinski definition) is 3. The minimum Gasteiger partial charge on any atom is -0.343 e.